The standard InChI is InChI=1S/C14H21NO4S/c1-4-11-6-5-9-15(11)20(16,17)14-8-7-12(18-2)10-13(14)19-3/h7-8,10-11H,4-6,9H2,1-3H3. The Labute approximate surface area is 120 Å². The molecule has 1 saturated heterocycles. The van der Waals surface area contributed by atoms with Crippen LogP contribution in [0, 0.1) is 0 Å². The lowest BCUT2D eigenvalue weighted by molar-refractivity contribution is 0.367. The van der Waals surface area contributed by atoms with Gasteiger partial charge in [0, 0.05) is 18.7 Å². The van der Waals surface area contributed by atoms with Crippen molar-refractivity contribution in [3.8, 4) is 11.5 Å². The number of benzene rings is 1. The molecule has 1 aromatic carbocycles. The van der Waals surface area contributed by atoms with Gasteiger partial charge in [-0.2, -0.15) is 4.31 Å². The minimum atomic E-state index is -3.51. The molecule has 0 radical (unpaired) electrons. The Balaban J connectivity index is 2.43. The third kappa shape index (κ3) is 2.62. The van der Waals surface area contributed by atoms with Gasteiger partial charge in [-0.15, -0.1) is 0 Å². The van der Waals surface area contributed by atoms with Gasteiger partial charge in [-0.05, 0) is 31.4 Å². The predicted molar refractivity (Wildman–Crippen MR) is 76.8 cm³/mol. The molecule has 0 aromatic heterocycles. The van der Waals surface area contributed by atoms with E-state index in [0.29, 0.717) is 18.0 Å². The van der Waals surface area contributed by atoms with E-state index in [1.807, 2.05) is 6.92 Å². The SMILES string of the molecule is CCC1CCCN1S(=O)(=O)c1ccc(OC)cc1OC. The molecule has 1 aromatic rings. The fourth-order valence-electron chi connectivity index (χ4n) is 2.65. The lowest BCUT2D eigenvalue weighted by Gasteiger charge is -2.24. The van der Waals surface area contributed by atoms with E-state index in [0.717, 1.165) is 19.3 Å². The summed E-state index contributed by atoms with van der Waals surface area (Å²) in [5, 5.41) is 0. The van der Waals surface area contributed by atoms with Gasteiger partial charge in [0.25, 0.3) is 0 Å². The van der Waals surface area contributed by atoms with Gasteiger partial charge in [-0.25, -0.2) is 8.42 Å². The van der Waals surface area contributed by atoms with Crippen molar-refractivity contribution in [2.45, 2.75) is 37.1 Å². The number of ether oxygens (including phenoxy) is 2. The van der Waals surface area contributed by atoms with Crippen LogP contribution in [0.5, 0.6) is 11.5 Å². The molecule has 1 fully saturated rings. The Hall–Kier alpha value is -1.27. The molecule has 2 rings (SSSR count). The first kappa shape index (κ1) is 15.1. The van der Waals surface area contributed by atoms with Gasteiger partial charge in [-0.3, -0.25) is 0 Å². The average molecular weight is 299 g/mol. The van der Waals surface area contributed by atoms with Crippen LogP contribution >= 0.6 is 0 Å². The van der Waals surface area contributed by atoms with Crippen molar-refractivity contribution >= 4 is 10.0 Å². The largest absolute Gasteiger partial charge is 0.497 e. The summed E-state index contributed by atoms with van der Waals surface area (Å²) in [5.41, 5.74) is 0. The van der Waals surface area contributed by atoms with Crippen LogP contribution in [-0.2, 0) is 10.0 Å². The summed E-state index contributed by atoms with van der Waals surface area (Å²) < 4.78 is 37.5. The number of sulfonamides is 1. The van der Waals surface area contributed by atoms with E-state index in [4.69, 9.17) is 9.47 Å². The molecule has 112 valence electrons. The topological polar surface area (TPSA) is 55.8 Å². The van der Waals surface area contributed by atoms with Crippen LogP contribution in [0.1, 0.15) is 26.2 Å². The summed E-state index contributed by atoms with van der Waals surface area (Å²) in [6.07, 6.45) is 2.67. The Morgan fingerprint density at radius 2 is 2.05 bits per heavy atom. The van der Waals surface area contributed by atoms with Crippen molar-refractivity contribution in [2.75, 3.05) is 20.8 Å². The minimum absolute atomic E-state index is 0.0896. The Kier molecular flexibility index (Phi) is 4.55. The zero-order chi connectivity index (χ0) is 14.8. The monoisotopic (exact) mass is 299 g/mol. The second kappa shape index (κ2) is 6.01. The van der Waals surface area contributed by atoms with Gasteiger partial charge in [0.15, 0.2) is 0 Å². The van der Waals surface area contributed by atoms with Gasteiger partial charge < -0.3 is 9.47 Å². The summed E-state index contributed by atoms with van der Waals surface area (Å²) in [7, 11) is -0.509. The fourth-order valence-corrected chi connectivity index (χ4v) is 4.55. The fraction of sp³-hybridized carbons (Fsp3) is 0.571. The summed E-state index contributed by atoms with van der Waals surface area (Å²) in [5.74, 6) is 0.903. The number of methoxy groups -OCH3 is 2. The second-order valence-corrected chi connectivity index (χ2v) is 6.70. The van der Waals surface area contributed by atoms with E-state index in [-0.39, 0.29) is 10.9 Å². The highest BCUT2D eigenvalue weighted by Gasteiger charge is 2.35. The van der Waals surface area contributed by atoms with E-state index in [1.54, 1.807) is 22.5 Å². The van der Waals surface area contributed by atoms with Gasteiger partial charge in [-0.1, -0.05) is 6.92 Å². The molecule has 5 nitrogen and oxygen atoms in total. The predicted octanol–water partition coefficient (Wildman–Crippen LogP) is 2.27. The minimum Gasteiger partial charge on any atom is -0.497 e. The maximum Gasteiger partial charge on any atom is 0.247 e. The van der Waals surface area contributed by atoms with Gasteiger partial charge in [0.2, 0.25) is 10.0 Å². The van der Waals surface area contributed by atoms with Crippen molar-refractivity contribution < 1.29 is 17.9 Å². The number of hydrogen-bond acceptors (Lipinski definition) is 4. The van der Waals surface area contributed by atoms with Gasteiger partial charge >= 0.3 is 0 Å². The Morgan fingerprint density at radius 3 is 2.65 bits per heavy atom. The highest BCUT2D eigenvalue weighted by molar-refractivity contribution is 7.89. The molecule has 0 bridgehead atoms. The molecular weight excluding hydrogens is 278 g/mol. The first-order valence-corrected chi connectivity index (χ1v) is 8.22. The molecule has 1 heterocycles. The van der Waals surface area contributed by atoms with E-state index in [1.165, 1.54) is 14.2 Å². The lowest BCUT2D eigenvalue weighted by atomic mass is 10.2. The summed E-state index contributed by atoms with van der Waals surface area (Å²) >= 11 is 0. The molecule has 1 aliphatic heterocycles. The number of hydrogen-bond donors (Lipinski definition) is 0. The van der Waals surface area contributed by atoms with Crippen molar-refractivity contribution in [2.24, 2.45) is 0 Å². The summed E-state index contributed by atoms with van der Waals surface area (Å²) in [4.78, 5) is 0.209. The van der Waals surface area contributed by atoms with E-state index >= 15 is 0 Å². The molecular formula is C14H21NO4S. The smallest absolute Gasteiger partial charge is 0.247 e. The molecule has 1 unspecified atom stereocenters. The van der Waals surface area contributed by atoms with E-state index < -0.39 is 10.0 Å². The van der Waals surface area contributed by atoms with Crippen LogP contribution in [0.4, 0.5) is 0 Å². The van der Waals surface area contributed by atoms with Crippen molar-refractivity contribution in [3.63, 3.8) is 0 Å². The van der Waals surface area contributed by atoms with Crippen LogP contribution in [0.15, 0.2) is 23.1 Å². The molecule has 0 saturated carbocycles. The third-order valence-corrected chi connectivity index (χ3v) is 5.74. The Bertz CT molecular complexity index is 571. The van der Waals surface area contributed by atoms with Crippen molar-refractivity contribution in [1.29, 1.82) is 0 Å². The van der Waals surface area contributed by atoms with Crippen LogP contribution in [0.25, 0.3) is 0 Å². The molecule has 1 aliphatic rings. The third-order valence-electron chi connectivity index (χ3n) is 3.75. The van der Waals surface area contributed by atoms with Crippen LogP contribution < -0.4 is 9.47 Å². The van der Waals surface area contributed by atoms with Crippen LogP contribution in [0.3, 0.4) is 0 Å². The summed E-state index contributed by atoms with van der Waals surface area (Å²) in [6.45, 7) is 2.60. The molecule has 0 N–H and O–H groups in total. The highest BCUT2D eigenvalue weighted by atomic mass is 32.2. The maximum atomic E-state index is 12.8. The molecule has 0 spiro atoms. The average Bonchev–Trinajstić information content (AvgIpc) is 2.95. The van der Waals surface area contributed by atoms with E-state index in [9.17, 15) is 8.42 Å². The Morgan fingerprint density at radius 1 is 1.30 bits per heavy atom. The molecule has 0 aliphatic carbocycles. The quantitative estimate of drug-likeness (QED) is 0.837. The molecule has 1 atom stereocenters. The molecule has 0 amide bonds. The lowest BCUT2D eigenvalue weighted by Crippen LogP contribution is -2.35. The first-order chi connectivity index (χ1) is 9.54. The number of rotatable bonds is 5. The zero-order valence-corrected chi connectivity index (χ0v) is 12.9. The molecule has 20 heavy (non-hydrogen) atoms. The first-order valence-electron chi connectivity index (χ1n) is 6.78. The molecule has 6 heteroatoms. The summed E-state index contributed by atoms with van der Waals surface area (Å²) in [6, 6.07) is 4.89. The second-order valence-electron chi connectivity index (χ2n) is 4.84. The van der Waals surface area contributed by atoms with Gasteiger partial charge in [0.05, 0.1) is 14.2 Å². The van der Waals surface area contributed by atoms with Crippen molar-refractivity contribution in [3.05, 3.63) is 18.2 Å². The maximum absolute atomic E-state index is 12.8. The number of nitrogens with zero attached hydrogens (tertiary/aromatic N) is 1. The van der Waals surface area contributed by atoms with Crippen LogP contribution in [-0.4, -0.2) is 39.5 Å². The van der Waals surface area contributed by atoms with Crippen LogP contribution in [0.2, 0.25) is 0 Å². The normalized spacial score (nSPS) is 20.1. The highest BCUT2D eigenvalue weighted by Crippen LogP contribution is 2.34. The van der Waals surface area contributed by atoms with Gasteiger partial charge in [0.1, 0.15) is 16.4 Å². The zero-order valence-electron chi connectivity index (χ0n) is 12.1. The van der Waals surface area contributed by atoms with Crippen molar-refractivity contribution in [1.82, 2.24) is 4.31 Å². The van der Waals surface area contributed by atoms with E-state index in [2.05, 4.69) is 0 Å².